The summed E-state index contributed by atoms with van der Waals surface area (Å²) in [5.74, 6) is 2.73. The Balaban J connectivity index is 0.00000200. The van der Waals surface area contributed by atoms with Crippen molar-refractivity contribution in [1.29, 1.82) is 0 Å². The lowest BCUT2D eigenvalue weighted by molar-refractivity contribution is -0.138. The summed E-state index contributed by atoms with van der Waals surface area (Å²) in [5, 5.41) is 8.86. The number of hydrogen-bond acceptors (Lipinski definition) is 1. The van der Waals surface area contributed by atoms with E-state index in [9.17, 15) is 4.79 Å². The molecule has 2 aliphatic rings. The molecule has 2 nitrogen and oxygen atoms in total. The van der Waals surface area contributed by atoms with Gasteiger partial charge in [-0.1, -0.05) is 32.6 Å². The standard InChI is InChI=1S/C17H30O2.ClH/c1-2-3-13-4-8-15(9-5-13)16-10-6-14(7-11-16)12-17(18)19;/h13-16H,2-12H2,1H3,(H,18,19);1H. The van der Waals surface area contributed by atoms with E-state index in [4.69, 9.17) is 5.11 Å². The molecule has 2 rings (SSSR count). The highest BCUT2D eigenvalue weighted by Crippen LogP contribution is 2.42. The predicted molar refractivity (Wildman–Crippen MR) is 85.3 cm³/mol. The third-order valence-electron chi connectivity index (χ3n) is 5.61. The molecule has 0 radical (unpaired) electrons. The molecule has 1 N–H and O–H groups in total. The first-order valence-electron chi connectivity index (χ1n) is 8.40. The lowest BCUT2D eigenvalue weighted by Crippen LogP contribution is -2.26. The Bertz CT molecular complexity index is 277. The Morgan fingerprint density at radius 3 is 1.75 bits per heavy atom. The van der Waals surface area contributed by atoms with Gasteiger partial charge in [0, 0.05) is 6.42 Å². The van der Waals surface area contributed by atoms with E-state index in [1.54, 1.807) is 0 Å². The van der Waals surface area contributed by atoms with E-state index in [0.29, 0.717) is 12.3 Å². The minimum Gasteiger partial charge on any atom is -0.481 e. The maximum atomic E-state index is 10.7. The largest absolute Gasteiger partial charge is 0.481 e. The quantitative estimate of drug-likeness (QED) is 0.748. The normalized spacial score (nSPS) is 34.2. The molecule has 2 aliphatic carbocycles. The van der Waals surface area contributed by atoms with Gasteiger partial charge in [0.2, 0.25) is 0 Å². The van der Waals surface area contributed by atoms with Crippen LogP contribution < -0.4 is 0 Å². The minimum absolute atomic E-state index is 0. The molecule has 118 valence electrons. The average Bonchev–Trinajstić information content (AvgIpc) is 2.40. The third-order valence-corrected chi connectivity index (χ3v) is 5.61. The Labute approximate surface area is 130 Å². The molecule has 0 saturated heterocycles. The van der Waals surface area contributed by atoms with Gasteiger partial charge in [-0.2, -0.15) is 0 Å². The fraction of sp³-hybridized carbons (Fsp3) is 0.941. The molecule has 0 unspecified atom stereocenters. The minimum atomic E-state index is -0.608. The molecular weight excluding hydrogens is 272 g/mol. The topological polar surface area (TPSA) is 37.3 Å². The molecule has 0 aromatic carbocycles. The molecule has 0 aromatic rings. The molecule has 3 heteroatoms. The first-order chi connectivity index (χ1) is 9.19. The predicted octanol–water partition coefficient (Wildman–Crippen LogP) is 5.30. The first kappa shape index (κ1) is 17.8. The van der Waals surface area contributed by atoms with Crippen molar-refractivity contribution in [1.82, 2.24) is 0 Å². The van der Waals surface area contributed by atoms with Gasteiger partial charge in [0.05, 0.1) is 0 Å². The van der Waals surface area contributed by atoms with Gasteiger partial charge in [-0.3, -0.25) is 4.79 Å². The van der Waals surface area contributed by atoms with Crippen LogP contribution in [0.2, 0.25) is 0 Å². The second kappa shape index (κ2) is 8.92. The summed E-state index contributed by atoms with van der Waals surface area (Å²) in [7, 11) is 0. The third kappa shape index (κ3) is 5.27. The number of rotatable bonds is 5. The van der Waals surface area contributed by atoms with Crippen molar-refractivity contribution in [3.05, 3.63) is 0 Å². The van der Waals surface area contributed by atoms with Gasteiger partial charge in [-0.05, 0) is 62.2 Å². The van der Waals surface area contributed by atoms with Gasteiger partial charge in [-0.25, -0.2) is 0 Å². The van der Waals surface area contributed by atoms with Crippen LogP contribution >= 0.6 is 12.4 Å². The van der Waals surface area contributed by atoms with Gasteiger partial charge in [0.1, 0.15) is 0 Å². The number of carbonyl (C=O) groups is 1. The summed E-state index contributed by atoms with van der Waals surface area (Å²) in [5.41, 5.74) is 0. The van der Waals surface area contributed by atoms with Crippen molar-refractivity contribution in [2.75, 3.05) is 0 Å². The number of hydrogen-bond donors (Lipinski definition) is 1. The molecule has 0 amide bonds. The summed E-state index contributed by atoms with van der Waals surface area (Å²) in [6.45, 7) is 2.30. The van der Waals surface area contributed by atoms with Crippen LogP contribution in [0.4, 0.5) is 0 Å². The van der Waals surface area contributed by atoms with Crippen molar-refractivity contribution >= 4 is 18.4 Å². The second-order valence-corrected chi connectivity index (χ2v) is 6.95. The monoisotopic (exact) mass is 302 g/mol. The number of halogens is 1. The van der Waals surface area contributed by atoms with E-state index in [1.807, 2.05) is 0 Å². The van der Waals surface area contributed by atoms with Crippen LogP contribution in [0, 0.1) is 23.7 Å². The van der Waals surface area contributed by atoms with E-state index in [0.717, 1.165) is 30.6 Å². The van der Waals surface area contributed by atoms with Crippen LogP contribution in [0.1, 0.15) is 77.6 Å². The van der Waals surface area contributed by atoms with Gasteiger partial charge in [-0.15, -0.1) is 12.4 Å². The zero-order valence-corrected chi connectivity index (χ0v) is 13.7. The zero-order valence-electron chi connectivity index (χ0n) is 12.9. The molecule has 2 saturated carbocycles. The zero-order chi connectivity index (χ0) is 13.7. The highest BCUT2D eigenvalue weighted by Gasteiger charge is 2.31. The fourth-order valence-electron chi connectivity index (χ4n) is 4.47. The van der Waals surface area contributed by atoms with Gasteiger partial charge < -0.3 is 5.11 Å². The average molecular weight is 303 g/mol. The van der Waals surface area contributed by atoms with Crippen LogP contribution in [0.3, 0.4) is 0 Å². The smallest absolute Gasteiger partial charge is 0.303 e. The van der Waals surface area contributed by atoms with Crippen molar-refractivity contribution < 1.29 is 9.90 Å². The Hall–Kier alpha value is -0.240. The molecule has 2 fully saturated rings. The molecular formula is C17H31ClO2. The molecule has 20 heavy (non-hydrogen) atoms. The Morgan fingerprint density at radius 1 is 0.900 bits per heavy atom. The lowest BCUT2D eigenvalue weighted by Gasteiger charge is -2.37. The van der Waals surface area contributed by atoms with E-state index in [1.165, 1.54) is 51.4 Å². The van der Waals surface area contributed by atoms with E-state index < -0.39 is 5.97 Å². The van der Waals surface area contributed by atoms with E-state index in [-0.39, 0.29) is 12.4 Å². The first-order valence-corrected chi connectivity index (χ1v) is 8.40. The van der Waals surface area contributed by atoms with Crippen LogP contribution in [0.5, 0.6) is 0 Å². The van der Waals surface area contributed by atoms with Gasteiger partial charge in [0.15, 0.2) is 0 Å². The maximum absolute atomic E-state index is 10.7. The highest BCUT2D eigenvalue weighted by atomic mass is 35.5. The van der Waals surface area contributed by atoms with Gasteiger partial charge in [0.25, 0.3) is 0 Å². The molecule has 0 spiro atoms. The maximum Gasteiger partial charge on any atom is 0.303 e. The second-order valence-electron chi connectivity index (χ2n) is 6.95. The summed E-state index contributed by atoms with van der Waals surface area (Å²) < 4.78 is 0. The molecule has 0 aromatic heterocycles. The van der Waals surface area contributed by atoms with Crippen LogP contribution in [0.15, 0.2) is 0 Å². The van der Waals surface area contributed by atoms with Crippen molar-refractivity contribution in [3.8, 4) is 0 Å². The fourth-order valence-corrected chi connectivity index (χ4v) is 4.47. The summed E-state index contributed by atoms with van der Waals surface area (Å²) in [6.07, 6.45) is 13.9. The summed E-state index contributed by atoms with van der Waals surface area (Å²) in [6, 6.07) is 0. The molecule has 0 bridgehead atoms. The highest BCUT2D eigenvalue weighted by molar-refractivity contribution is 5.85. The summed E-state index contributed by atoms with van der Waals surface area (Å²) >= 11 is 0. The number of aliphatic carboxylic acids is 1. The summed E-state index contributed by atoms with van der Waals surface area (Å²) in [4.78, 5) is 10.7. The van der Waals surface area contributed by atoms with Crippen molar-refractivity contribution in [3.63, 3.8) is 0 Å². The van der Waals surface area contributed by atoms with E-state index in [2.05, 4.69) is 6.92 Å². The Kier molecular flexibility index (Phi) is 7.94. The van der Waals surface area contributed by atoms with Crippen molar-refractivity contribution in [2.24, 2.45) is 23.7 Å². The Morgan fingerprint density at radius 2 is 1.35 bits per heavy atom. The number of carboxylic acids is 1. The molecule has 0 atom stereocenters. The van der Waals surface area contributed by atoms with E-state index >= 15 is 0 Å². The molecule has 0 heterocycles. The SMILES string of the molecule is CCCC1CCC(C2CCC(CC(=O)O)CC2)CC1.Cl. The van der Waals surface area contributed by atoms with Crippen LogP contribution in [-0.2, 0) is 4.79 Å². The van der Waals surface area contributed by atoms with Crippen molar-refractivity contribution in [2.45, 2.75) is 77.6 Å². The van der Waals surface area contributed by atoms with Crippen LogP contribution in [-0.4, -0.2) is 11.1 Å². The molecule has 0 aliphatic heterocycles. The lowest BCUT2D eigenvalue weighted by atomic mass is 9.68. The van der Waals surface area contributed by atoms with Gasteiger partial charge >= 0.3 is 5.97 Å². The van der Waals surface area contributed by atoms with Crippen LogP contribution in [0.25, 0.3) is 0 Å². The number of carboxylic acid groups (broad SMARTS) is 1.